The maximum Gasteiger partial charge on any atom is 0.412 e. The lowest BCUT2D eigenvalue weighted by Gasteiger charge is -2.13. The maximum absolute atomic E-state index is 11.8. The van der Waals surface area contributed by atoms with E-state index in [4.69, 9.17) is 0 Å². The van der Waals surface area contributed by atoms with Crippen molar-refractivity contribution < 1.29 is 22.0 Å². The number of alkyl halides is 5. The summed E-state index contributed by atoms with van der Waals surface area (Å²) in [5.41, 5.74) is 1.08. The molecule has 0 aromatic carbocycles. The van der Waals surface area contributed by atoms with Gasteiger partial charge in [-0.05, 0) is 0 Å². The van der Waals surface area contributed by atoms with E-state index >= 15 is 0 Å². The first kappa shape index (κ1) is 7.71. The van der Waals surface area contributed by atoms with E-state index in [1.807, 2.05) is 0 Å². The summed E-state index contributed by atoms with van der Waals surface area (Å²) in [6.07, 6.45) is -6.28. The SMILES string of the molecule is NC1(C(F)(F)F)CC1(F)F. The largest absolute Gasteiger partial charge is 0.412 e. The van der Waals surface area contributed by atoms with Crippen molar-refractivity contribution in [1.82, 2.24) is 0 Å². The molecule has 0 radical (unpaired) electrons. The molecule has 0 heterocycles. The molecule has 1 atom stereocenters. The summed E-state index contributed by atoms with van der Waals surface area (Å²) in [7, 11) is 0. The Morgan fingerprint density at radius 2 is 1.50 bits per heavy atom. The second-order valence-electron chi connectivity index (χ2n) is 2.35. The van der Waals surface area contributed by atoms with E-state index in [0.717, 1.165) is 0 Å². The highest BCUT2D eigenvalue weighted by molar-refractivity contribution is 5.20. The number of hydrogen-bond donors (Lipinski definition) is 1. The number of nitrogens with two attached hydrogens (primary N) is 1. The molecule has 2 N–H and O–H groups in total. The molecule has 1 nitrogen and oxygen atoms in total. The normalized spacial score (nSPS) is 37.8. The average Bonchev–Trinajstić information content (AvgIpc) is 2.05. The predicted molar refractivity (Wildman–Crippen MR) is 22.5 cm³/mol. The molecule has 1 saturated carbocycles. The lowest BCUT2D eigenvalue weighted by Crippen LogP contribution is -2.45. The molecule has 1 aliphatic rings. The molecule has 60 valence electrons. The highest BCUT2D eigenvalue weighted by Crippen LogP contribution is 2.58. The molecular weight excluding hydrogens is 157 g/mol. The van der Waals surface area contributed by atoms with E-state index in [1.54, 1.807) is 0 Å². The van der Waals surface area contributed by atoms with Gasteiger partial charge in [-0.1, -0.05) is 0 Å². The van der Waals surface area contributed by atoms with Gasteiger partial charge in [0.25, 0.3) is 5.92 Å². The van der Waals surface area contributed by atoms with Gasteiger partial charge in [-0.2, -0.15) is 13.2 Å². The fourth-order valence-electron chi connectivity index (χ4n) is 0.614. The summed E-state index contributed by atoms with van der Waals surface area (Å²) < 4.78 is 58.2. The van der Waals surface area contributed by atoms with Crippen molar-refractivity contribution in [1.29, 1.82) is 0 Å². The molecule has 10 heavy (non-hydrogen) atoms. The standard InChI is InChI=1S/C4H4F5N/c5-3(6)1-2(3,10)4(7,8)9/h1,10H2. The van der Waals surface area contributed by atoms with Crippen molar-refractivity contribution in [2.75, 3.05) is 0 Å². The third kappa shape index (κ3) is 0.712. The van der Waals surface area contributed by atoms with Crippen LogP contribution in [0.5, 0.6) is 0 Å². The summed E-state index contributed by atoms with van der Waals surface area (Å²) in [5, 5.41) is 0. The van der Waals surface area contributed by atoms with E-state index in [-0.39, 0.29) is 0 Å². The van der Waals surface area contributed by atoms with Crippen LogP contribution in [0, 0.1) is 0 Å². The third-order valence-electron chi connectivity index (χ3n) is 1.53. The fraction of sp³-hybridized carbons (Fsp3) is 1.00. The predicted octanol–water partition coefficient (Wildman–Crippen LogP) is 1.29. The Kier molecular flexibility index (Phi) is 1.11. The second-order valence-corrected chi connectivity index (χ2v) is 2.35. The molecule has 0 bridgehead atoms. The Morgan fingerprint density at radius 1 is 1.20 bits per heavy atom. The molecule has 1 fully saturated rings. The maximum atomic E-state index is 11.8. The first-order chi connectivity index (χ1) is 4.21. The molecule has 1 aliphatic carbocycles. The minimum atomic E-state index is -4.99. The number of halogens is 5. The summed E-state index contributed by atoms with van der Waals surface area (Å²) in [4.78, 5) is 0. The molecule has 0 aromatic rings. The van der Waals surface area contributed by atoms with Gasteiger partial charge in [-0.15, -0.1) is 0 Å². The first-order valence-corrected chi connectivity index (χ1v) is 2.44. The monoisotopic (exact) mass is 161 g/mol. The van der Waals surface area contributed by atoms with Crippen LogP contribution in [-0.2, 0) is 0 Å². The Hall–Kier alpha value is -0.390. The van der Waals surface area contributed by atoms with E-state index in [9.17, 15) is 22.0 Å². The minimum Gasteiger partial charge on any atom is -0.312 e. The molecule has 0 aromatic heterocycles. The van der Waals surface area contributed by atoms with Gasteiger partial charge in [0.2, 0.25) is 0 Å². The van der Waals surface area contributed by atoms with Gasteiger partial charge in [0, 0.05) is 6.42 Å². The highest BCUT2D eigenvalue weighted by Gasteiger charge is 2.81. The first-order valence-electron chi connectivity index (χ1n) is 2.44. The lowest BCUT2D eigenvalue weighted by molar-refractivity contribution is -0.177. The van der Waals surface area contributed by atoms with E-state index in [0.29, 0.717) is 0 Å². The van der Waals surface area contributed by atoms with Crippen LogP contribution in [-0.4, -0.2) is 17.6 Å². The summed E-state index contributed by atoms with van der Waals surface area (Å²) in [6.45, 7) is 0. The Morgan fingerprint density at radius 3 is 1.50 bits per heavy atom. The topological polar surface area (TPSA) is 26.0 Å². The van der Waals surface area contributed by atoms with Gasteiger partial charge >= 0.3 is 6.18 Å². The smallest absolute Gasteiger partial charge is 0.312 e. The van der Waals surface area contributed by atoms with Crippen molar-refractivity contribution in [2.45, 2.75) is 24.1 Å². The summed E-state index contributed by atoms with van der Waals surface area (Å²) in [6, 6.07) is 0. The van der Waals surface area contributed by atoms with Crippen LogP contribution in [0.1, 0.15) is 6.42 Å². The Bertz CT molecular complexity index is 162. The third-order valence-corrected chi connectivity index (χ3v) is 1.53. The van der Waals surface area contributed by atoms with Crippen molar-refractivity contribution in [3.8, 4) is 0 Å². The molecule has 0 saturated heterocycles. The van der Waals surface area contributed by atoms with Crippen molar-refractivity contribution in [2.24, 2.45) is 5.73 Å². The molecule has 1 rings (SSSR count). The molecule has 1 unspecified atom stereocenters. The van der Waals surface area contributed by atoms with Gasteiger partial charge in [0.05, 0.1) is 0 Å². The number of rotatable bonds is 0. The van der Waals surface area contributed by atoms with Crippen LogP contribution in [0.3, 0.4) is 0 Å². The zero-order valence-corrected chi connectivity index (χ0v) is 4.67. The average molecular weight is 161 g/mol. The molecule has 0 spiro atoms. The molecule has 0 amide bonds. The summed E-state index contributed by atoms with van der Waals surface area (Å²) >= 11 is 0. The summed E-state index contributed by atoms with van der Waals surface area (Å²) in [5.74, 6) is -3.76. The van der Waals surface area contributed by atoms with Crippen LogP contribution >= 0.6 is 0 Å². The van der Waals surface area contributed by atoms with E-state index < -0.39 is 24.1 Å². The van der Waals surface area contributed by atoms with Gasteiger partial charge in [-0.3, -0.25) is 0 Å². The second kappa shape index (κ2) is 1.44. The lowest BCUT2D eigenvalue weighted by atomic mass is 10.3. The van der Waals surface area contributed by atoms with Crippen LogP contribution in [0.15, 0.2) is 0 Å². The van der Waals surface area contributed by atoms with Crippen LogP contribution < -0.4 is 5.73 Å². The van der Waals surface area contributed by atoms with Crippen molar-refractivity contribution in [3.63, 3.8) is 0 Å². The quantitative estimate of drug-likeness (QED) is 0.532. The van der Waals surface area contributed by atoms with Crippen molar-refractivity contribution in [3.05, 3.63) is 0 Å². The molecule has 6 heteroatoms. The van der Waals surface area contributed by atoms with Gasteiger partial charge in [0.1, 0.15) is 0 Å². The minimum absolute atomic E-state index is 1.29. The highest BCUT2D eigenvalue weighted by atomic mass is 19.4. The zero-order chi connectivity index (χ0) is 8.21. The Labute approximate surface area is 53.0 Å². The van der Waals surface area contributed by atoms with Gasteiger partial charge < -0.3 is 5.73 Å². The van der Waals surface area contributed by atoms with Crippen LogP contribution in [0.25, 0.3) is 0 Å². The molecular formula is C4H4F5N. The van der Waals surface area contributed by atoms with E-state index in [2.05, 4.69) is 5.73 Å². The van der Waals surface area contributed by atoms with Crippen LogP contribution in [0.4, 0.5) is 22.0 Å². The fourth-order valence-corrected chi connectivity index (χ4v) is 0.614. The van der Waals surface area contributed by atoms with Crippen LogP contribution in [0.2, 0.25) is 0 Å². The molecule has 0 aliphatic heterocycles. The van der Waals surface area contributed by atoms with Gasteiger partial charge in [-0.25, -0.2) is 8.78 Å². The zero-order valence-electron chi connectivity index (χ0n) is 4.67. The Balaban J connectivity index is 2.78. The van der Waals surface area contributed by atoms with Crippen molar-refractivity contribution >= 4 is 0 Å². The number of hydrogen-bond acceptors (Lipinski definition) is 1. The van der Waals surface area contributed by atoms with Gasteiger partial charge in [0.15, 0.2) is 5.54 Å². The van der Waals surface area contributed by atoms with E-state index in [1.165, 1.54) is 0 Å².